The maximum atomic E-state index is 11.8. The van der Waals surface area contributed by atoms with Crippen molar-refractivity contribution >= 4 is 17.1 Å². The molecule has 104 valence electrons. The van der Waals surface area contributed by atoms with Crippen LogP contribution in [0.2, 0.25) is 0 Å². The third-order valence-corrected chi connectivity index (χ3v) is 4.96. The van der Waals surface area contributed by atoms with Gasteiger partial charge in [0.1, 0.15) is 16.8 Å². The number of ether oxygens (including phenoxy) is 1. The van der Waals surface area contributed by atoms with Crippen molar-refractivity contribution < 1.29 is 9.53 Å². The molecule has 2 aliphatic rings. The van der Waals surface area contributed by atoms with Gasteiger partial charge in [0, 0.05) is 24.4 Å². The fourth-order valence-electron chi connectivity index (χ4n) is 2.79. The van der Waals surface area contributed by atoms with Gasteiger partial charge in [-0.05, 0) is 25.8 Å². The van der Waals surface area contributed by atoms with E-state index in [9.17, 15) is 4.79 Å². The molecule has 0 radical (unpaired) electrons. The largest absolute Gasteiger partial charge is 0.368 e. The van der Waals surface area contributed by atoms with E-state index >= 15 is 0 Å². The second-order valence-corrected chi connectivity index (χ2v) is 6.38. The van der Waals surface area contributed by atoms with Gasteiger partial charge in [-0.25, -0.2) is 4.98 Å². The van der Waals surface area contributed by atoms with E-state index in [4.69, 9.17) is 4.74 Å². The quantitative estimate of drug-likeness (QED) is 0.853. The average Bonchev–Trinajstić information content (AvgIpc) is 2.85. The summed E-state index contributed by atoms with van der Waals surface area (Å²) in [6, 6.07) is 0. The van der Waals surface area contributed by atoms with E-state index < -0.39 is 0 Å². The van der Waals surface area contributed by atoms with Crippen molar-refractivity contribution in [2.45, 2.75) is 38.7 Å². The van der Waals surface area contributed by atoms with Gasteiger partial charge in [0.25, 0.3) is 0 Å². The summed E-state index contributed by atoms with van der Waals surface area (Å²) < 4.78 is 5.85. The monoisotopic (exact) mass is 280 g/mol. The van der Waals surface area contributed by atoms with Crippen molar-refractivity contribution in [1.82, 2.24) is 9.88 Å². The fourth-order valence-corrected chi connectivity index (χ4v) is 3.96. The number of morpholine rings is 1. The van der Waals surface area contributed by atoms with Gasteiger partial charge >= 0.3 is 0 Å². The van der Waals surface area contributed by atoms with Crippen LogP contribution in [0.4, 0.5) is 0 Å². The van der Waals surface area contributed by atoms with Crippen LogP contribution >= 0.6 is 11.3 Å². The Morgan fingerprint density at radius 2 is 2.37 bits per heavy atom. The first-order chi connectivity index (χ1) is 9.28. The number of carbonyl (C=O) groups excluding carboxylic acids is 1. The number of hydrogen-bond acceptors (Lipinski definition) is 5. The molecule has 0 aromatic carbocycles. The smallest absolute Gasteiger partial charge is 0.182 e. The maximum Gasteiger partial charge on any atom is 0.182 e. The van der Waals surface area contributed by atoms with Crippen LogP contribution in [0.15, 0.2) is 0 Å². The lowest BCUT2D eigenvalue weighted by Crippen LogP contribution is -2.38. The Balaban J connectivity index is 1.76. The molecule has 1 saturated heterocycles. The molecule has 5 heteroatoms. The summed E-state index contributed by atoms with van der Waals surface area (Å²) in [4.78, 5) is 20.0. The molecule has 0 bridgehead atoms. The first-order valence-electron chi connectivity index (χ1n) is 7.14. The number of rotatable bonds is 3. The van der Waals surface area contributed by atoms with Crippen LogP contribution in [0.25, 0.3) is 0 Å². The van der Waals surface area contributed by atoms with Crippen molar-refractivity contribution in [3.05, 3.63) is 15.6 Å². The molecular formula is C14H20N2O2S. The van der Waals surface area contributed by atoms with E-state index in [1.807, 2.05) is 0 Å². The highest BCUT2D eigenvalue weighted by atomic mass is 32.1. The molecule has 1 fully saturated rings. The molecule has 4 nitrogen and oxygen atoms in total. The Kier molecular flexibility index (Phi) is 3.96. The minimum absolute atomic E-state index is 0.0590. The first-order valence-corrected chi connectivity index (χ1v) is 7.96. The molecule has 1 aromatic heterocycles. The summed E-state index contributed by atoms with van der Waals surface area (Å²) in [6.07, 6.45) is 3.86. The minimum atomic E-state index is 0.0590. The standard InChI is InChI=1S/C14H20N2O2S/c1-2-6-16-7-8-18-11(9-16)14-15-13-10(17)4-3-5-12(13)19-14/h11H,2-9H2,1H3. The summed E-state index contributed by atoms with van der Waals surface area (Å²) in [5.41, 5.74) is 0.725. The molecule has 0 saturated carbocycles. The van der Waals surface area contributed by atoms with Crippen LogP contribution in [-0.4, -0.2) is 41.9 Å². The number of thiazole rings is 1. The molecule has 0 spiro atoms. The van der Waals surface area contributed by atoms with Crippen molar-refractivity contribution in [1.29, 1.82) is 0 Å². The second-order valence-electron chi connectivity index (χ2n) is 5.26. The topological polar surface area (TPSA) is 42.4 Å². The number of Topliss-reactive ketones (excluding diaryl/α,β-unsaturated/α-hetero) is 1. The fraction of sp³-hybridized carbons (Fsp3) is 0.714. The Hall–Kier alpha value is -0.780. The Labute approximate surface area is 117 Å². The van der Waals surface area contributed by atoms with Crippen LogP contribution in [-0.2, 0) is 11.2 Å². The third-order valence-electron chi connectivity index (χ3n) is 3.75. The molecule has 19 heavy (non-hydrogen) atoms. The summed E-state index contributed by atoms with van der Waals surface area (Å²) in [5, 5.41) is 1.00. The van der Waals surface area contributed by atoms with Gasteiger partial charge in [-0.15, -0.1) is 11.3 Å². The number of aryl methyl sites for hydroxylation is 1. The SMILES string of the molecule is CCCN1CCOC(c2nc3c(s2)CCCC3=O)C1. The Morgan fingerprint density at radius 3 is 3.16 bits per heavy atom. The van der Waals surface area contributed by atoms with Crippen molar-refractivity contribution in [2.75, 3.05) is 26.2 Å². The molecule has 2 heterocycles. The third kappa shape index (κ3) is 2.73. The summed E-state index contributed by atoms with van der Waals surface area (Å²) in [5.74, 6) is 0.213. The van der Waals surface area contributed by atoms with Gasteiger partial charge in [0.2, 0.25) is 0 Å². The van der Waals surface area contributed by atoms with E-state index in [1.54, 1.807) is 11.3 Å². The maximum absolute atomic E-state index is 11.8. The first kappa shape index (κ1) is 13.2. The van der Waals surface area contributed by atoms with Crippen molar-refractivity contribution in [3.8, 4) is 0 Å². The zero-order chi connectivity index (χ0) is 13.2. The highest BCUT2D eigenvalue weighted by molar-refractivity contribution is 7.12. The zero-order valence-corrected chi connectivity index (χ0v) is 12.2. The highest BCUT2D eigenvalue weighted by Gasteiger charge is 2.28. The van der Waals surface area contributed by atoms with Gasteiger partial charge in [-0.3, -0.25) is 9.69 Å². The molecular weight excluding hydrogens is 260 g/mol. The molecule has 0 amide bonds. The van der Waals surface area contributed by atoms with E-state index in [-0.39, 0.29) is 11.9 Å². The van der Waals surface area contributed by atoms with Gasteiger partial charge in [0.05, 0.1) is 6.61 Å². The summed E-state index contributed by atoms with van der Waals surface area (Å²) in [7, 11) is 0. The summed E-state index contributed by atoms with van der Waals surface area (Å²) in [6.45, 7) is 6.00. The van der Waals surface area contributed by atoms with Crippen LogP contribution in [0.1, 0.15) is 52.7 Å². The normalized spacial score (nSPS) is 24.5. The van der Waals surface area contributed by atoms with Gasteiger partial charge < -0.3 is 4.74 Å². The van der Waals surface area contributed by atoms with E-state index in [2.05, 4.69) is 16.8 Å². The van der Waals surface area contributed by atoms with Crippen molar-refractivity contribution in [3.63, 3.8) is 0 Å². The van der Waals surface area contributed by atoms with E-state index in [0.29, 0.717) is 6.42 Å². The van der Waals surface area contributed by atoms with E-state index in [1.165, 1.54) is 11.3 Å². The molecule has 1 atom stereocenters. The minimum Gasteiger partial charge on any atom is -0.368 e. The van der Waals surface area contributed by atoms with Crippen LogP contribution in [0.5, 0.6) is 0 Å². The average molecular weight is 280 g/mol. The van der Waals surface area contributed by atoms with Crippen LogP contribution in [0, 0.1) is 0 Å². The predicted molar refractivity (Wildman–Crippen MR) is 74.8 cm³/mol. The second kappa shape index (κ2) is 5.69. The number of ketones is 1. The Bertz CT molecular complexity index is 470. The number of fused-ring (bicyclic) bond motifs is 1. The van der Waals surface area contributed by atoms with Crippen molar-refractivity contribution in [2.24, 2.45) is 0 Å². The summed E-state index contributed by atoms with van der Waals surface area (Å²) >= 11 is 1.68. The number of aromatic nitrogens is 1. The molecule has 1 aliphatic carbocycles. The number of nitrogens with zero attached hydrogens (tertiary/aromatic N) is 2. The number of hydrogen-bond donors (Lipinski definition) is 0. The molecule has 1 aromatic rings. The molecule has 1 unspecified atom stereocenters. The van der Waals surface area contributed by atoms with Crippen LogP contribution < -0.4 is 0 Å². The predicted octanol–water partition coefficient (Wildman–Crippen LogP) is 2.45. The lowest BCUT2D eigenvalue weighted by atomic mass is 10.0. The highest BCUT2D eigenvalue weighted by Crippen LogP contribution is 2.32. The molecule has 1 aliphatic heterocycles. The zero-order valence-electron chi connectivity index (χ0n) is 11.4. The van der Waals surface area contributed by atoms with Crippen LogP contribution in [0.3, 0.4) is 0 Å². The lowest BCUT2D eigenvalue weighted by Gasteiger charge is -2.31. The van der Waals surface area contributed by atoms with Gasteiger partial charge in [-0.1, -0.05) is 6.92 Å². The number of carbonyl (C=O) groups is 1. The molecule has 3 rings (SSSR count). The molecule has 0 N–H and O–H groups in total. The lowest BCUT2D eigenvalue weighted by molar-refractivity contribution is -0.0299. The van der Waals surface area contributed by atoms with Gasteiger partial charge in [-0.2, -0.15) is 0 Å². The van der Waals surface area contributed by atoms with Gasteiger partial charge in [0.15, 0.2) is 5.78 Å². The Morgan fingerprint density at radius 1 is 1.47 bits per heavy atom. The van der Waals surface area contributed by atoms with E-state index in [0.717, 1.165) is 49.8 Å².